The van der Waals surface area contributed by atoms with Crippen LogP contribution < -0.4 is 10.1 Å². The van der Waals surface area contributed by atoms with Crippen molar-refractivity contribution in [3.8, 4) is 5.75 Å². The first-order valence-electron chi connectivity index (χ1n) is 3.92. The second-order valence-corrected chi connectivity index (χ2v) is 3.74. The number of rotatable bonds is 1. The molecule has 14 heavy (non-hydrogen) atoms. The Balaban J connectivity index is 2.45. The third-order valence-electron chi connectivity index (χ3n) is 1.86. The summed E-state index contributed by atoms with van der Waals surface area (Å²) in [5.41, 5.74) is 0.440. The fourth-order valence-corrected chi connectivity index (χ4v) is 1.93. The number of anilines is 1. The van der Waals surface area contributed by atoms with Crippen LogP contribution in [0, 0.1) is 0 Å². The van der Waals surface area contributed by atoms with Crippen LogP contribution in [0.15, 0.2) is 5.38 Å². The highest BCUT2D eigenvalue weighted by atomic mass is 32.1. The van der Waals surface area contributed by atoms with Gasteiger partial charge in [-0.3, -0.25) is 4.79 Å². The van der Waals surface area contributed by atoms with Gasteiger partial charge in [-0.05, 0) is 6.92 Å². The van der Waals surface area contributed by atoms with Crippen molar-refractivity contribution < 1.29 is 19.4 Å². The predicted octanol–water partition coefficient (Wildman–Crippen LogP) is 1.17. The lowest BCUT2D eigenvalue weighted by Crippen LogP contribution is -2.34. The molecule has 1 atom stereocenters. The summed E-state index contributed by atoms with van der Waals surface area (Å²) in [5, 5.41) is 12.9. The zero-order chi connectivity index (χ0) is 10.3. The number of nitrogens with one attached hydrogen (secondary N) is 1. The Morgan fingerprint density at radius 3 is 3.07 bits per heavy atom. The van der Waals surface area contributed by atoms with E-state index >= 15 is 0 Å². The van der Waals surface area contributed by atoms with Gasteiger partial charge >= 0.3 is 5.97 Å². The van der Waals surface area contributed by atoms with Crippen molar-refractivity contribution in [2.75, 3.05) is 5.32 Å². The number of carbonyl (C=O) groups is 2. The lowest BCUT2D eigenvalue weighted by atomic mass is 10.2. The van der Waals surface area contributed by atoms with Crippen molar-refractivity contribution in [3.63, 3.8) is 0 Å². The smallest absolute Gasteiger partial charge is 0.349 e. The van der Waals surface area contributed by atoms with Crippen molar-refractivity contribution in [1.29, 1.82) is 0 Å². The van der Waals surface area contributed by atoms with Gasteiger partial charge in [0.05, 0.1) is 5.69 Å². The summed E-state index contributed by atoms with van der Waals surface area (Å²) in [4.78, 5) is 22.0. The Bertz CT molecular complexity index is 411. The summed E-state index contributed by atoms with van der Waals surface area (Å²) in [6.07, 6.45) is -0.643. The molecule has 0 saturated heterocycles. The van der Waals surface area contributed by atoms with Gasteiger partial charge in [0.15, 0.2) is 16.7 Å². The molecule has 1 amide bonds. The predicted molar refractivity (Wildman–Crippen MR) is 50.0 cm³/mol. The van der Waals surface area contributed by atoms with E-state index in [0.29, 0.717) is 5.69 Å². The van der Waals surface area contributed by atoms with Crippen LogP contribution in [0.5, 0.6) is 5.75 Å². The highest BCUT2D eigenvalue weighted by Gasteiger charge is 2.29. The number of carbonyl (C=O) groups excluding carboxylic acids is 1. The van der Waals surface area contributed by atoms with Gasteiger partial charge in [-0.2, -0.15) is 0 Å². The largest absolute Gasteiger partial charge is 0.477 e. The van der Waals surface area contributed by atoms with Crippen LogP contribution in [-0.4, -0.2) is 23.1 Å². The van der Waals surface area contributed by atoms with E-state index in [4.69, 9.17) is 9.84 Å². The normalized spacial score (nSPS) is 19.5. The average molecular weight is 213 g/mol. The van der Waals surface area contributed by atoms with Crippen LogP contribution in [-0.2, 0) is 4.79 Å². The lowest BCUT2D eigenvalue weighted by Gasteiger charge is -2.20. The maximum Gasteiger partial charge on any atom is 0.349 e. The van der Waals surface area contributed by atoms with Gasteiger partial charge in [-0.1, -0.05) is 0 Å². The van der Waals surface area contributed by atoms with Crippen molar-refractivity contribution in [3.05, 3.63) is 10.3 Å². The number of hydrogen-bond donors (Lipinski definition) is 2. The third-order valence-corrected chi connectivity index (χ3v) is 2.81. The second kappa shape index (κ2) is 2.98. The zero-order valence-corrected chi connectivity index (χ0v) is 8.05. The molecule has 1 aromatic rings. The molecular weight excluding hydrogens is 206 g/mol. The lowest BCUT2D eigenvalue weighted by molar-refractivity contribution is -0.122. The Kier molecular flexibility index (Phi) is 1.92. The Hall–Kier alpha value is -1.56. The summed E-state index contributed by atoms with van der Waals surface area (Å²) in [6, 6.07) is 0. The first-order chi connectivity index (χ1) is 6.59. The fourth-order valence-electron chi connectivity index (χ4n) is 1.16. The first-order valence-corrected chi connectivity index (χ1v) is 4.80. The van der Waals surface area contributed by atoms with Crippen LogP contribution >= 0.6 is 11.3 Å². The first kappa shape index (κ1) is 9.01. The average Bonchev–Trinajstić information content (AvgIpc) is 2.48. The van der Waals surface area contributed by atoms with Crippen LogP contribution in [0.3, 0.4) is 0 Å². The minimum absolute atomic E-state index is 0.117. The van der Waals surface area contributed by atoms with E-state index in [2.05, 4.69) is 5.32 Å². The monoisotopic (exact) mass is 213 g/mol. The molecule has 74 valence electrons. The van der Waals surface area contributed by atoms with Crippen LogP contribution in [0.25, 0.3) is 0 Å². The molecule has 0 fully saturated rings. The van der Waals surface area contributed by atoms with Gasteiger partial charge < -0.3 is 15.2 Å². The minimum Gasteiger partial charge on any atom is -0.477 e. The molecule has 2 heterocycles. The number of fused-ring (bicyclic) bond motifs is 1. The third kappa shape index (κ3) is 1.24. The highest BCUT2D eigenvalue weighted by molar-refractivity contribution is 7.13. The Morgan fingerprint density at radius 2 is 2.43 bits per heavy atom. The van der Waals surface area contributed by atoms with Gasteiger partial charge in [0.2, 0.25) is 0 Å². The molecule has 0 radical (unpaired) electrons. The van der Waals surface area contributed by atoms with E-state index in [1.54, 1.807) is 12.3 Å². The summed E-state index contributed by atoms with van der Waals surface area (Å²) in [6.45, 7) is 1.57. The molecular formula is C8H7NO4S. The Morgan fingerprint density at radius 1 is 1.71 bits per heavy atom. The standard InChI is InChI=1S/C8H7NO4S/c1-3-7(10)9-4-2-14-6(8(11)12)5(4)13-3/h2-3H,1H3,(H,9,10)(H,11,12). The van der Waals surface area contributed by atoms with Crippen LogP contribution in [0.2, 0.25) is 0 Å². The number of amides is 1. The molecule has 2 rings (SSSR count). The summed E-state index contributed by atoms with van der Waals surface area (Å²) >= 11 is 1.04. The van der Waals surface area contributed by atoms with Crippen LogP contribution in [0.1, 0.15) is 16.6 Å². The Labute approximate surface area is 83.3 Å². The van der Waals surface area contributed by atoms with E-state index in [1.165, 1.54) is 0 Å². The van der Waals surface area contributed by atoms with Gasteiger partial charge in [0.25, 0.3) is 5.91 Å². The van der Waals surface area contributed by atoms with Crippen molar-refractivity contribution >= 4 is 28.9 Å². The van der Waals surface area contributed by atoms with Crippen molar-refractivity contribution in [2.45, 2.75) is 13.0 Å². The highest BCUT2D eigenvalue weighted by Crippen LogP contribution is 2.38. The molecule has 1 unspecified atom stereocenters. The van der Waals surface area contributed by atoms with Gasteiger partial charge in [-0.25, -0.2) is 4.79 Å². The number of ether oxygens (including phenoxy) is 1. The quantitative estimate of drug-likeness (QED) is 0.734. The van der Waals surface area contributed by atoms with E-state index in [1.807, 2.05) is 0 Å². The van der Waals surface area contributed by atoms with Gasteiger partial charge in [0.1, 0.15) is 0 Å². The molecule has 1 aromatic heterocycles. The molecule has 0 aliphatic carbocycles. The van der Waals surface area contributed by atoms with E-state index in [0.717, 1.165) is 11.3 Å². The maximum absolute atomic E-state index is 11.2. The molecule has 0 bridgehead atoms. The SMILES string of the molecule is CC1Oc2c(csc2C(=O)O)NC1=O. The molecule has 5 nitrogen and oxygen atoms in total. The fraction of sp³-hybridized carbons (Fsp3) is 0.250. The van der Waals surface area contributed by atoms with Crippen LogP contribution in [0.4, 0.5) is 5.69 Å². The molecule has 0 spiro atoms. The van der Waals surface area contributed by atoms with Crippen molar-refractivity contribution in [1.82, 2.24) is 0 Å². The number of thiophene rings is 1. The second-order valence-electron chi connectivity index (χ2n) is 2.86. The summed E-state index contributed by atoms with van der Waals surface area (Å²) in [7, 11) is 0. The molecule has 0 aromatic carbocycles. The van der Waals surface area contributed by atoms with Gasteiger partial charge in [-0.15, -0.1) is 11.3 Å². The minimum atomic E-state index is -1.04. The molecule has 6 heteroatoms. The summed E-state index contributed by atoms with van der Waals surface area (Å²) in [5.74, 6) is -1.04. The maximum atomic E-state index is 11.2. The molecule has 2 N–H and O–H groups in total. The zero-order valence-electron chi connectivity index (χ0n) is 7.23. The van der Waals surface area contributed by atoms with E-state index in [9.17, 15) is 9.59 Å². The van der Waals surface area contributed by atoms with E-state index in [-0.39, 0.29) is 16.5 Å². The topological polar surface area (TPSA) is 75.6 Å². The number of carboxylic acids is 1. The van der Waals surface area contributed by atoms with Gasteiger partial charge in [0, 0.05) is 5.38 Å². The molecule has 1 aliphatic heterocycles. The summed E-state index contributed by atoms with van der Waals surface area (Å²) < 4.78 is 5.19. The number of hydrogen-bond acceptors (Lipinski definition) is 4. The number of aromatic carboxylic acids is 1. The number of carboxylic acid groups (broad SMARTS) is 1. The molecule has 0 saturated carbocycles. The van der Waals surface area contributed by atoms with E-state index < -0.39 is 12.1 Å². The van der Waals surface area contributed by atoms with Crippen molar-refractivity contribution in [2.24, 2.45) is 0 Å². The molecule has 1 aliphatic rings.